The van der Waals surface area contributed by atoms with Gasteiger partial charge in [0.05, 0.1) is 18.2 Å². The van der Waals surface area contributed by atoms with Gasteiger partial charge in [0.2, 0.25) is 0 Å². The smallest absolute Gasteiger partial charge is 0.0774 e. The third kappa shape index (κ3) is 3.56. The molecular formula is C15H22BrNO. The molecule has 1 N–H and O–H groups in total. The first-order chi connectivity index (χ1) is 8.70. The van der Waals surface area contributed by atoms with Crippen LogP contribution >= 0.6 is 15.9 Å². The molecule has 3 heteroatoms. The minimum Gasteiger partial charge on any atom is -0.373 e. The van der Waals surface area contributed by atoms with Gasteiger partial charge in [-0.25, -0.2) is 0 Å². The Morgan fingerprint density at radius 3 is 2.61 bits per heavy atom. The van der Waals surface area contributed by atoms with E-state index in [4.69, 9.17) is 4.74 Å². The van der Waals surface area contributed by atoms with Crippen molar-refractivity contribution < 1.29 is 4.74 Å². The number of halogens is 1. The largest absolute Gasteiger partial charge is 0.373 e. The van der Waals surface area contributed by atoms with E-state index in [1.807, 2.05) is 0 Å². The molecule has 1 fully saturated rings. The van der Waals surface area contributed by atoms with Gasteiger partial charge in [-0.05, 0) is 50.4 Å². The Kier molecular flexibility index (Phi) is 5.22. The molecule has 0 radical (unpaired) electrons. The van der Waals surface area contributed by atoms with Crippen LogP contribution in [0.15, 0.2) is 28.7 Å². The van der Waals surface area contributed by atoms with Crippen LogP contribution in [0.5, 0.6) is 0 Å². The van der Waals surface area contributed by atoms with Gasteiger partial charge in [-0.1, -0.05) is 35.0 Å². The number of rotatable bonds is 5. The lowest BCUT2D eigenvalue weighted by atomic mass is 9.99. The van der Waals surface area contributed by atoms with Gasteiger partial charge < -0.3 is 10.1 Å². The summed E-state index contributed by atoms with van der Waals surface area (Å²) in [5.41, 5.74) is 1.32. The summed E-state index contributed by atoms with van der Waals surface area (Å²) in [5.74, 6) is 0. The third-order valence-electron chi connectivity index (χ3n) is 3.48. The molecule has 1 aliphatic heterocycles. The highest BCUT2D eigenvalue weighted by Gasteiger charge is 2.30. The molecule has 1 heterocycles. The Morgan fingerprint density at radius 2 is 2.06 bits per heavy atom. The van der Waals surface area contributed by atoms with E-state index in [0.717, 1.165) is 23.9 Å². The van der Waals surface area contributed by atoms with Crippen molar-refractivity contribution >= 4 is 15.9 Å². The average Bonchev–Trinajstić information content (AvgIpc) is 2.78. The number of hydrogen-bond acceptors (Lipinski definition) is 2. The van der Waals surface area contributed by atoms with Crippen molar-refractivity contribution in [1.29, 1.82) is 0 Å². The molecule has 100 valence electrons. The maximum Gasteiger partial charge on any atom is 0.0774 e. The summed E-state index contributed by atoms with van der Waals surface area (Å²) in [6.45, 7) is 5.40. The van der Waals surface area contributed by atoms with Crippen molar-refractivity contribution in [1.82, 2.24) is 5.32 Å². The van der Waals surface area contributed by atoms with Crippen molar-refractivity contribution in [2.75, 3.05) is 6.54 Å². The first-order valence-electron chi connectivity index (χ1n) is 6.85. The Balaban J connectivity index is 2.11. The molecule has 0 aliphatic carbocycles. The van der Waals surface area contributed by atoms with Crippen LogP contribution < -0.4 is 5.32 Å². The monoisotopic (exact) mass is 311 g/mol. The summed E-state index contributed by atoms with van der Waals surface area (Å²) in [7, 11) is 0. The van der Waals surface area contributed by atoms with E-state index in [1.54, 1.807) is 0 Å². The second-order valence-electron chi connectivity index (χ2n) is 5.05. The number of nitrogens with one attached hydrogen (secondary N) is 1. The molecule has 0 bridgehead atoms. The zero-order valence-electron chi connectivity index (χ0n) is 11.2. The van der Waals surface area contributed by atoms with Gasteiger partial charge in [-0.2, -0.15) is 0 Å². The third-order valence-corrected chi connectivity index (χ3v) is 4.01. The van der Waals surface area contributed by atoms with Crippen LogP contribution in [0.1, 0.15) is 44.7 Å². The molecule has 3 atom stereocenters. The predicted octanol–water partition coefficient (Wildman–Crippen LogP) is 4.06. The molecule has 0 spiro atoms. The van der Waals surface area contributed by atoms with Crippen molar-refractivity contribution in [2.24, 2.45) is 0 Å². The van der Waals surface area contributed by atoms with E-state index in [0.29, 0.717) is 18.2 Å². The van der Waals surface area contributed by atoms with Gasteiger partial charge in [0.15, 0.2) is 0 Å². The molecule has 2 nitrogen and oxygen atoms in total. The summed E-state index contributed by atoms with van der Waals surface area (Å²) < 4.78 is 7.16. The normalized spacial score (nSPS) is 25.3. The zero-order valence-corrected chi connectivity index (χ0v) is 12.7. The highest BCUT2D eigenvalue weighted by Crippen LogP contribution is 2.30. The van der Waals surface area contributed by atoms with Crippen LogP contribution in [0.25, 0.3) is 0 Å². The molecule has 1 aliphatic rings. The molecule has 3 unspecified atom stereocenters. The fourth-order valence-electron chi connectivity index (χ4n) is 2.51. The Bertz CT molecular complexity index is 365. The van der Waals surface area contributed by atoms with E-state index in [1.165, 1.54) is 12.0 Å². The molecule has 0 aromatic heterocycles. The second kappa shape index (κ2) is 6.69. The quantitative estimate of drug-likeness (QED) is 0.885. The van der Waals surface area contributed by atoms with E-state index in [9.17, 15) is 0 Å². The summed E-state index contributed by atoms with van der Waals surface area (Å²) in [4.78, 5) is 0. The van der Waals surface area contributed by atoms with Gasteiger partial charge in [0.25, 0.3) is 0 Å². The van der Waals surface area contributed by atoms with Crippen LogP contribution in [0.4, 0.5) is 0 Å². The van der Waals surface area contributed by atoms with Crippen molar-refractivity contribution in [3.05, 3.63) is 34.3 Å². The molecular weight excluding hydrogens is 290 g/mol. The first-order valence-corrected chi connectivity index (χ1v) is 7.64. The van der Waals surface area contributed by atoms with E-state index in [2.05, 4.69) is 59.4 Å². The lowest BCUT2D eigenvalue weighted by Gasteiger charge is -2.25. The minimum absolute atomic E-state index is 0.313. The van der Waals surface area contributed by atoms with Crippen molar-refractivity contribution in [2.45, 2.75) is 51.4 Å². The van der Waals surface area contributed by atoms with Crippen LogP contribution in [0, 0.1) is 0 Å². The van der Waals surface area contributed by atoms with Crippen LogP contribution in [0.2, 0.25) is 0 Å². The number of benzene rings is 1. The van der Waals surface area contributed by atoms with E-state index < -0.39 is 0 Å². The molecule has 0 saturated carbocycles. The van der Waals surface area contributed by atoms with Gasteiger partial charge in [-0.3, -0.25) is 0 Å². The lowest BCUT2D eigenvalue weighted by Crippen LogP contribution is -2.32. The Morgan fingerprint density at radius 1 is 1.33 bits per heavy atom. The van der Waals surface area contributed by atoms with Gasteiger partial charge in [0.1, 0.15) is 0 Å². The van der Waals surface area contributed by atoms with E-state index >= 15 is 0 Å². The number of hydrogen-bond donors (Lipinski definition) is 1. The lowest BCUT2D eigenvalue weighted by molar-refractivity contribution is 0.0316. The Labute approximate surface area is 118 Å². The average molecular weight is 312 g/mol. The van der Waals surface area contributed by atoms with Crippen LogP contribution in [-0.2, 0) is 4.74 Å². The standard InChI is InChI=1S/C15H22BrNO/c1-3-10-17-15(14-9-4-11(2)18-14)12-5-7-13(16)8-6-12/h5-8,11,14-15,17H,3-4,9-10H2,1-2H3. The minimum atomic E-state index is 0.313. The fourth-order valence-corrected chi connectivity index (χ4v) is 2.78. The summed E-state index contributed by atoms with van der Waals surface area (Å²) in [6.07, 6.45) is 4.18. The summed E-state index contributed by atoms with van der Waals surface area (Å²) >= 11 is 3.49. The number of ether oxygens (including phenoxy) is 1. The molecule has 2 rings (SSSR count). The van der Waals surface area contributed by atoms with Crippen LogP contribution in [-0.4, -0.2) is 18.8 Å². The van der Waals surface area contributed by atoms with Gasteiger partial charge in [-0.15, -0.1) is 0 Å². The predicted molar refractivity (Wildman–Crippen MR) is 78.7 cm³/mol. The first kappa shape index (κ1) is 14.0. The van der Waals surface area contributed by atoms with Crippen molar-refractivity contribution in [3.8, 4) is 0 Å². The summed E-state index contributed by atoms with van der Waals surface area (Å²) in [5, 5.41) is 3.63. The molecule has 0 amide bonds. The summed E-state index contributed by atoms with van der Waals surface area (Å²) in [6, 6.07) is 8.90. The zero-order chi connectivity index (χ0) is 13.0. The molecule has 1 aromatic carbocycles. The maximum atomic E-state index is 6.03. The Hall–Kier alpha value is -0.380. The van der Waals surface area contributed by atoms with Gasteiger partial charge >= 0.3 is 0 Å². The molecule has 1 saturated heterocycles. The highest BCUT2D eigenvalue weighted by atomic mass is 79.9. The highest BCUT2D eigenvalue weighted by molar-refractivity contribution is 9.10. The van der Waals surface area contributed by atoms with Crippen molar-refractivity contribution in [3.63, 3.8) is 0 Å². The second-order valence-corrected chi connectivity index (χ2v) is 5.96. The maximum absolute atomic E-state index is 6.03. The van der Waals surface area contributed by atoms with E-state index in [-0.39, 0.29) is 0 Å². The van der Waals surface area contributed by atoms with Gasteiger partial charge in [0, 0.05) is 4.47 Å². The SMILES string of the molecule is CCCNC(c1ccc(Br)cc1)C1CCC(C)O1. The molecule has 1 aromatic rings. The fraction of sp³-hybridized carbons (Fsp3) is 0.600. The van der Waals surface area contributed by atoms with Crippen LogP contribution in [0.3, 0.4) is 0 Å². The molecule has 18 heavy (non-hydrogen) atoms. The topological polar surface area (TPSA) is 21.3 Å².